The van der Waals surface area contributed by atoms with Crippen LogP contribution in [-0.2, 0) is 4.74 Å². The molecular formula is C12H27N3O. The number of hydrogen-bond acceptors (Lipinski definition) is 4. The smallest absolute Gasteiger partial charge is 0.170 e. The molecular weight excluding hydrogens is 202 g/mol. The average Bonchev–Trinajstić information content (AvgIpc) is 2.20. The van der Waals surface area contributed by atoms with Gasteiger partial charge in [-0.15, -0.1) is 0 Å². The minimum Gasteiger partial charge on any atom is -0.349 e. The van der Waals surface area contributed by atoms with Gasteiger partial charge in [0.25, 0.3) is 0 Å². The van der Waals surface area contributed by atoms with E-state index in [0.29, 0.717) is 0 Å². The Balaban J connectivity index is 2.19. The van der Waals surface area contributed by atoms with E-state index in [4.69, 9.17) is 4.74 Å². The van der Waals surface area contributed by atoms with Crippen molar-refractivity contribution in [3.05, 3.63) is 0 Å². The van der Waals surface area contributed by atoms with Crippen molar-refractivity contribution in [2.75, 3.05) is 41.1 Å². The third-order valence-electron chi connectivity index (χ3n) is 2.95. The van der Waals surface area contributed by atoms with Gasteiger partial charge < -0.3 is 4.74 Å². The van der Waals surface area contributed by atoms with Crippen molar-refractivity contribution in [1.82, 2.24) is 14.7 Å². The standard InChI is InChI=1S/C12H27N3O/c1-5-6-7-8-9-16-12-14(3)10-13(2)11-15(12)4/h12H,5-11H2,1-4H3. The zero-order valence-electron chi connectivity index (χ0n) is 11.3. The fourth-order valence-electron chi connectivity index (χ4n) is 2.25. The van der Waals surface area contributed by atoms with Crippen LogP contribution in [0.1, 0.15) is 32.6 Å². The molecule has 0 amide bonds. The topological polar surface area (TPSA) is 19.0 Å². The van der Waals surface area contributed by atoms with Crippen LogP contribution < -0.4 is 0 Å². The summed E-state index contributed by atoms with van der Waals surface area (Å²) < 4.78 is 5.93. The van der Waals surface area contributed by atoms with Crippen LogP contribution in [0.5, 0.6) is 0 Å². The van der Waals surface area contributed by atoms with Gasteiger partial charge in [0.15, 0.2) is 6.35 Å². The highest BCUT2D eigenvalue weighted by Crippen LogP contribution is 2.12. The van der Waals surface area contributed by atoms with Gasteiger partial charge in [0, 0.05) is 0 Å². The average molecular weight is 229 g/mol. The highest BCUT2D eigenvalue weighted by Gasteiger charge is 2.26. The van der Waals surface area contributed by atoms with Crippen molar-refractivity contribution in [2.45, 2.75) is 39.0 Å². The van der Waals surface area contributed by atoms with E-state index in [1.165, 1.54) is 25.7 Å². The van der Waals surface area contributed by atoms with Gasteiger partial charge in [0.05, 0.1) is 19.9 Å². The maximum atomic E-state index is 5.93. The van der Waals surface area contributed by atoms with Crippen LogP contribution in [-0.4, -0.2) is 62.1 Å². The first-order valence-corrected chi connectivity index (χ1v) is 6.35. The number of rotatable bonds is 6. The summed E-state index contributed by atoms with van der Waals surface area (Å²) in [5.41, 5.74) is 0. The molecule has 0 spiro atoms. The molecule has 0 radical (unpaired) electrons. The summed E-state index contributed by atoms with van der Waals surface area (Å²) >= 11 is 0. The Morgan fingerprint density at radius 2 is 1.62 bits per heavy atom. The monoisotopic (exact) mass is 229 g/mol. The first kappa shape index (κ1) is 13.9. The molecule has 0 aromatic heterocycles. The molecule has 4 nitrogen and oxygen atoms in total. The van der Waals surface area contributed by atoms with Crippen molar-refractivity contribution in [2.24, 2.45) is 0 Å². The molecule has 0 unspecified atom stereocenters. The highest BCUT2D eigenvalue weighted by atomic mass is 16.5. The van der Waals surface area contributed by atoms with Gasteiger partial charge >= 0.3 is 0 Å². The Morgan fingerprint density at radius 3 is 2.19 bits per heavy atom. The van der Waals surface area contributed by atoms with Crippen LogP contribution in [0.2, 0.25) is 0 Å². The van der Waals surface area contributed by atoms with Crippen LogP contribution in [0.4, 0.5) is 0 Å². The molecule has 0 aliphatic carbocycles. The Morgan fingerprint density at radius 1 is 1.00 bits per heavy atom. The number of hydrogen-bond donors (Lipinski definition) is 0. The summed E-state index contributed by atoms with van der Waals surface area (Å²) in [7, 11) is 6.36. The lowest BCUT2D eigenvalue weighted by Crippen LogP contribution is -2.58. The maximum absolute atomic E-state index is 5.93. The summed E-state index contributed by atoms with van der Waals surface area (Å²) in [5, 5.41) is 0. The highest BCUT2D eigenvalue weighted by molar-refractivity contribution is 4.65. The zero-order valence-corrected chi connectivity index (χ0v) is 11.3. The van der Waals surface area contributed by atoms with Gasteiger partial charge in [-0.3, -0.25) is 14.7 Å². The lowest BCUT2D eigenvalue weighted by molar-refractivity contribution is -0.190. The van der Waals surface area contributed by atoms with Gasteiger partial charge in [-0.1, -0.05) is 26.2 Å². The predicted octanol–water partition coefficient (Wildman–Crippen LogP) is 1.59. The number of ether oxygens (including phenoxy) is 1. The third kappa shape index (κ3) is 4.37. The molecule has 1 aliphatic heterocycles. The van der Waals surface area contributed by atoms with Gasteiger partial charge in [0.2, 0.25) is 0 Å². The molecule has 0 aromatic rings. The van der Waals surface area contributed by atoms with Gasteiger partial charge in [-0.05, 0) is 27.6 Å². The van der Waals surface area contributed by atoms with Crippen molar-refractivity contribution >= 4 is 0 Å². The molecule has 1 heterocycles. The Labute approximate surface area is 100 Å². The van der Waals surface area contributed by atoms with Crippen LogP contribution in [0.15, 0.2) is 0 Å². The van der Waals surface area contributed by atoms with Crippen LogP contribution in [0.3, 0.4) is 0 Å². The molecule has 0 aromatic carbocycles. The van der Waals surface area contributed by atoms with Crippen molar-refractivity contribution in [3.8, 4) is 0 Å². The van der Waals surface area contributed by atoms with Crippen LogP contribution in [0.25, 0.3) is 0 Å². The molecule has 1 rings (SSSR count). The van der Waals surface area contributed by atoms with Crippen molar-refractivity contribution < 1.29 is 4.74 Å². The quantitative estimate of drug-likeness (QED) is 0.644. The lowest BCUT2D eigenvalue weighted by atomic mass is 10.2. The van der Waals surface area contributed by atoms with E-state index in [1.807, 2.05) is 0 Å². The normalized spacial score (nSPS) is 21.8. The Hall–Kier alpha value is -0.160. The van der Waals surface area contributed by atoms with Gasteiger partial charge in [-0.2, -0.15) is 0 Å². The van der Waals surface area contributed by atoms with E-state index in [-0.39, 0.29) is 6.35 Å². The summed E-state index contributed by atoms with van der Waals surface area (Å²) in [4.78, 5) is 6.75. The minimum atomic E-state index is 0.151. The van der Waals surface area contributed by atoms with Crippen LogP contribution in [0, 0.1) is 0 Å². The van der Waals surface area contributed by atoms with Gasteiger partial charge in [-0.25, -0.2) is 0 Å². The summed E-state index contributed by atoms with van der Waals surface area (Å²) in [5.74, 6) is 0. The first-order chi connectivity index (χ1) is 7.65. The SMILES string of the molecule is CCCCCCOC1N(C)CN(C)CN1C. The second-order valence-corrected chi connectivity index (χ2v) is 4.91. The predicted molar refractivity (Wildman–Crippen MR) is 66.9 cm³/mol. The van der Waals surface area contributed by atoms with Gasteiger partial charge in [0.1, 0.15) is 0 Å². The van der Waals surface area contributed by atoms with Crippen molar-refractivity contribution in [1.29, 1.82) is 0 Å². The van der Waals surface area contributed by atoms with Crippen molar-refractivity contribution in [3.63, 3.8) is 0 Å². The van der Waals surface area contributed by atoms with Crippen LogP contribution >= 0.6 is 0 Å². The molecule has 0 bridgehead atoms. The summed E-state index contributed by atoms with van der Waals surface area (Å²) in [6, 6.07) is 0. The fraction of sp³-hybridized carbons (Fsp3) is 1.00. The molecule has 96 valence electrons. The van der Waals surface area contributed by atoms with E-state index in [2.05, 4.69) is 42.8 Å². The third-order valence-corrected chi connectivity index (χ3v) is 2.95. The Bertz CT molecular complexity index is 177. The maximum Gasteiger partial charge on any atom is 0.170 e. The summed E-state index contributed by atoms with van der Waals surface area (Å²) in [6.45, 7) is 5.07. The van der Waals surface area contributed by atoms with E-state index < -0.39 is 0 Å². The molecule has 0 saturated carbocycles. The van der Waals surface area contributed by atoms with E-state index in [1.54, 1.807) is 0 Å². The fourth-order valence-corrected chi connectivity index (χ4v) is 2.25. The zero-order chi connectivity index (χ0) is 12.0. The second kappa shape index (κ2) is 7.22. The molecule has 16 heavy (non-hydrogen) atoms. The molecule has 1 fully saturated rings. The Kier molecular flexibility index (Phi) is 6.28. The molecule has 0 atom stereocenters. The van der Waals surface area contributed by atoms with E-state index >= 15 is 0 Å². The molecule has 4 heteroatoms. The number of unbranched alkanes of at least 4 members (excludes halogenated alkanes) is 3. The molecule has 0 N–H and O–H groups in total. The summed E-state index contributed by atoms with van der Waals surface area (Å²) in [6.07, 6.45) is 5.23. The molecule has 1 aliphatic rings. The first-order valence-electron chi connectivity index (χ1n) is 6.35. The lowest BCUT2D eigenvalue weighted by Gasteiger charge is -2.43. The minimum absolute atomic E-state index is 0.151. The molecule has 1 saturated heterocycles. The largest absolute Gasteiger partial charge is 0.349 e. The second-order valence-electron chi connectivity index (χ2n) is 4.91. The van der Waals surface area contributed by atoms with E-state index in [9.17, 15) is 0 Å². The van der Waals surface area contributed by atoms with E-state index in [0.717, 1.165) is 19.9 Å². The number of nitrogens with zero attached hydrogens (tertiary/aromatic N) is 3.